The maximum absolute atomic E-state index is 13.3. The van der Waals surface area contributed by atoms with Crippen molar-refractivity contribution < 1.29 is 28.3 Å². The number of fused-ring (bicyclic) bond motifs is 1. The normalized spacial score (nSPS) is 13.8. The van der Waals surface area contributed by atoms with Crippen molar-refractivity contribution in [3.05, 3.63) is 106 Å². The molecule has 11 heteroatoms. The minimum atomic E-state index is -0.544. The van der Waals surface area contributed by atoms with Crippen LogP contribution in [0, 0.1) is 0 Å². The van der Waals surface area contributed by atoms with Gasteiger partial charge in [0.2, 0.25) is 5.91 Å². The smallest absolute Gasteiger partial charge is 0.341 e. The molecule has 0 spiro atoms. The van der Waals surface area contributed by atoms with Crippen LogP contribution in [0.2, 0.25) is 0 Å². The molecule has 9 nitrogen and oxygen atoms in total. The summed E-state index contributed by atoms with van der Waals surface area (Å²) >= 11 is 2.78. The molecule has 46 heavy (non-hydrogen) atoms. The zero-order valence-electron chi connectivity index (χ0n) is 25.6. The van der Waals surface area contributed by atoms with Crippen LogP contribution in [0.15, 0.2) is 88.0 Å². The van der Waals surface area contributed by atoms with Gasteiger partial charge in [0.1, 0.15) is 16.5 Å². The highest BCUT2D eigenvalue weighted by Crippen LogP contribution is 2.38. The Hall–Kier alpha value is -4.61. The summed E-state index contributed by atoms with van der Waals surface area (Å²) in [6.07, 6.45) is 8.94. The van der Waals surface area contributed by atoms with Crippen LogP contribution in [-0.2, 0) is 27.2 Å². The Labute approximate surface area is 275 Å². The Morgan fingerprint density at radius 2 is 1.72 bits per heavy atom. The topological polar surface area (TPSA) is 127 Å². The number of thioether (sulfide) groups is 1. The summed E-state index contributed by atoms with van der Waals surface area (Å²) < 4.78 is 10.5. The van der Waals surface area contributed by atoms with E-state index in [9.17, 15) is 19.2 Å². The van der Waals surface area contributed by atoms with Gasteiger partial charge in [-0.2, -0.15) is 0 Å². The lowest BCUT2D eigenvalue weighted by atomic mass is 9.96. The number of anilines is 2. The fourth-order valence-corrected chi connectivity index (χ4v) is 7.31. The van der Waals surface area contributed by atoms with Gasteiger partial charge in [-0.1, -0.05) is 37.1 Å². The zero-order chi connectivity index (χ0) is 32.5. The van der Waals surface area contributed by atoms with Crippen molar-refractivity contribution in [3.63, 3.8) is 0 Å². The Balaban J connectivity index is 1.27. The summed E-state index contributed by atoms with van der Waals surface area (Å²) in [5.41, 5.74) is 2.35. The summed E-state index contributed by atoms with van der Waals surface area (Å²) in [6, 6.07) is 19.0. The van der Waals surface area contributed by atoms with Crippen LogP contribution in [0.25, 0.3) is 6.08 Å². The first-order chi connectivity index (χ1) is 22.3. The first-order valence-electron chi connectivity index (χ1n) is 15.1. The third kappa shape index (κ3) is 8.35. The molecule has 0 bridgehead atoms. The molecule has 0 fully saturated rings. The monoisotopic (exact) mass is 657 g/mol. The molecule has 0 aliphatic heterocycles. The highest BCUT2D eigenvalue weighted by atomic mass is 32.2. The number of methoxy groups -OCH3 is 1. The number of carbonyl (C=O) groups is 4. The van der Waals surface area contributed by atoms with Crippen molar-refractivity contribution in [3.8, 4) is 0 Å². The van der Waals surface area contributed by atoms with E-state index in [1.54, 1.807) is 67.6 Å². The third-order valence-electron chi connectivity index (χ3n) is 7.43. The average Bonchev–Trinajstić information content (AvgIpc) is 3.68. The van der Waals surface area contributed by atoms with Crippen LogP contribution in [0.4, 0.5) is 10.7 Å². The maximum Gasteiger partial charge on any atom is 0.341 e. The van der Waals surface area contributed by atoms with Crippen molar-refractivity contribution in [2.75, 3.05) is 17.7 Å². The highest BCUT2D eigenvalue weighted by molar-refractivity contribution is 8.00. The molecule has 4 aromatic rings. The molecule has 0 radical (unpaired) electrons. The minimum Gasteiger partial charge on any atom is -0.465 e. The molecule has 3 N–H and O–H groups in total. The SMILES string of the molecule is COC(=O)c1c(NC(=O)C(C)Sc2cccc(NC(=O)/C(=C/c3ccco3)NC(=O)c3ccccc3)c2)sc2c1CCCCCC2. The number of benzene rings is 2. The molecule has 2 heterocycles. The maximum atomic E-state index is 13.3. The number of furan rings is 1. The highest BCUT2D eigenvalue weighted by Gasteiger charge is 2.27. The molecule has 1 aliphatic rings. The second kappa shape index (κ2) is 15.6. The van der Waals surface area contributed by atoms with Crippen molar-refractivity contribution in [2.24, 2.45) is 0 Å². The number of rotatable bonds is 10. The number of nitrogens with one attached hydrogen (secondary N) is 3. The first-order valence-corrected chi connectivity index (χ1v) is 16.8. The average molecular weight is 658 g/mol. The molecule has 1 aliphatic carbocycles. The largest absolute Gasteiger partial charge is 0.465 e. The van der Waals surface area contributed by atoms with Crippen molar-refractivity contribution >= 4 is 63.6 Å². The summed E-state index contributed by atoms with van der Waals surface area (Å²) in [4.78, 5) is 54.2. The van der Waals surface area contributed by atoms with E-state index in [0.29, 0.717) is 27.6 Å². The molecular weight excluding hydrogens is 623 g/mol. The summed E-state index contributed by atoms with van der Waals surface area (Å²) in [6.45, 7) is 1.79. The number of hydrogen-bond donors (Lipinski definition) is 3. The van der Waals surface area contributed by atoms with Gasteiger partial charge in [-0.05, 0) is 80.6 Å². The van der Waals surface area contributed by atoms with Crippen molar-refractivity contribution in [1.29, 1.82) is 0 Å². The third-order valence-corrected chi connectivity index (χ3v) is 9.73. The van der Waals surface area contributed by atoms with Gasteiger partial charge in [0.15, 0.2) is 0 Å². The van der Waals surface area contributed by atoms with Gasteiger partial charge in [0, 0.05) is 27.1 Å². The fraction of sp³-hybridized carbons (Fsp3) is 0.257. The Morgan fingerprint density at radius 1 is 0.935 bits per heavy atom. The van der Waals surface area contributed by atoms with Crippen LogP contribution in [-0.4, -0.2) is 36.1 Å². The summed E-state index contributed by atoms with van der Waals surface area (Å²) in [5.74, 6) is -1.26. The van der Waals surface area contributed by atoms with Crippen LogP contribution in [0.1, 0.15) is 69.5 Å². The number of thiophene rings is 1. The van der Waals surface area contributed by atoms with Crippen LogP contribution < -0.4 is 16.0 Å². The van der Waals surface area contributed by atoms with Gasteiger partial charge in [0.05, 0.1) is 24.2 Å². The number of esters is 1. The quantitative estimate of drug-likeness (QED) is 0.0927. The lowest BCUT2D eigenvalue weighted by Crippen LogP contribution is -2.30. The second-order valence-electron chi connectivity index (χ2n) is 10.7. The standard InChI is InChI=1S/C35H35N3O6S2/c1-22(31(39)38-34-30(35(42)43-2)27-17-8-3-4-9-18-29(27)46-34)45-26-16-10-14-24(20-26)36-33(41)28(21-25-15-11-19-44-25)37-32(40)23-12-6-5-7-13-23/h5-7,10-16,19-22H,3-4,8-9,17-18H2,1-2H3,(H,36,41)(H,37,40)(H,38,39)/b28-21-. The zero-order valence-corrected chi connectivity index (χ0v) is 27.2. The summed E-state index contributed by atoms with van der Waals surface area (Å²) in [7, 11) is 1.36. The van der Waals surface area contributed by atoms with E-state index >= 15 is 0 Å². The molecule has 2 aromatic carbocycles. The second-order valence-corrected chi connectivity index (χ2v) is 13.3. The summed E-state index contributed by atoms with van der Waals surface area (Å²) in [5, 5.41) is 8.52. The number of carbonyl (C=O) groups excluding carboxylic acids is 4. The van der Waals surface area contributed by atoms with E-state index in [0.717, 1.165) is 53.9 Å². The van der Waals surface area contributed by atoms with E-state index in [4.69, 9.17) is 9.15 Å². The minimum absolute atomic E-state index is 0.000987. The van der Waals surface area contributed by atoms with Gasteiger partial charge in [0.25, 0.3) is 11.8 Å². The molecule has 3 amide bonds. The molecule has 2 aromatic heterocycles. The lowest BCUT2D eigenvalue weighted by Gasteiger charge is -2.14. The van der Waals surface area contributed by atoms with Crippen LogP contribution in [0.5, 0.6) is 0 Å². The molecule has 0 saturated carbocycles. The van der Waals surface area contributed by atoms with Gasteiger partial charge in [-0.15, -0.1) is 23.1 Å². The van der Waals surface area contributed by atoms with E-state index in [1.165, 1.54) is 42.5 Å². The number of aryl methyl sites for hydroxylation is 1. The number of ether oxygens (including phenoxy) is 1. The van der Waals surface area contributed by atoms with Gasteiger partial charge in [-0.3, -0.25) is 14.4 Å². The molecule has 5 rings (SSSR count). The Morgan fingerprint density at radius 3 is 2.46 bits per heavy atom. The molecule has 1 unspecified atom stereocenters. The predicted molar refractivity (Wildman–Crippen MR) is 181 cm³/mol. The molecule has 0 saturated heterocycles. The van der Waals surface area contributed by atoms with Crippen LogP contribution >= 0.6 is 23.1 Å². The van der Waals surface area contributed by atoms with Gasteiger partial charge >= 0.3 is 5.97 Å². The molecule has 238 valence electrons. The van der Waals surface area contributed by atoms with E-state index in [1.807, 2.05) is 6.07 Å². The van der Waals surface area contributed by atoms with Crippen LogP contribution in [0.3, 0.4) is 0 Å². The predicted octanol–water partition coefficient (Wildman–Crippen LogP) is 7.32. The molecule has 1 atom stereocenters. The van der Waals surface area contributed by atoms with Gasteiger partial charge in [-0.25, -0.2) is 4.79 Å². The number of amides is 3. The lowest BCUT2D eigenvalue weighted by molar-refractivity contribution is -0.115. The van der Waals surface area contributed by atoms with E-state index in [2.05, 4.69) is 16.0 Å². The van der Waals surface area contributed by atoms with E-state index in [-0.39, 0.29) is 11.6 Å². The Bertz CT molecular complexity index is 1730. The van der Waals surface area contributed by atoms with Gasteiger partial charge < -0.3 is 25.1 Å². The van der Waals surface area contributed by atoms with Crippen molar-refractivity contribution in [2.45, 2.75) is 55.6 Å². The molecular formula is C35H35N3O6S2. The van der Waals surface area contributed by atoms with E-state index < -0.39 is 23.0 Å². The first kappa shape index (κ1) is 32.8. The number of hydrogen-bond acceptors (Lipinski definition) is 8. The van der Waals surface area contributed by atoms with Crippen molar-refractivity contribution in [1.82, 2.24) is 5.32 Å². The Kier molecular flexibility index (Phi) is 11.1. The fourth-order valence-electron chi connectivity index (χ4n) is 5.10.